The van der Waals surface area contributed by atoms with E-state index in [-0.39, 0.29) is 47.3 Å². The van der Waals surface area contributed by atoms with Crippen LogP contribution in [0.1, 0.15) is 22.3 Å². The van der Waals surface area contributed by atoms with E-state index < -0.39 is 0 Å². The number of hydrogen-bond acceptors (Lipinski definition) is 8. The zero-order valence-electron chi connectivity index (χ0n) is 14.4. The molecule has 2 rings (SSSR count). The minimum absolute atomic E-state index is 0.104. The van der Waals surface area contributed by atoms with Gasteiger partial charge in [-0.3, -0.25) is 0 Å². The molecule has 8 heteroatoms. The summed E-state index contributed by atoms with van der Waals surface area (Å²) >= 11 is 0. The molecular weight excluding hydrogens is 340 g/mol. The molecule has 0 bridgehead atoms. The Hall–Kier alpha value is -3.10. The highest BCUT2D eigenvalue weighted by molar-refractivity contribution is 5.84. The molecule has 0 saturated carbocycles. The summed E-state index contributed by atoms with van der Waals surface area (Å²) in [7, 11) is 2.85. The van der Waals surface area contributed by atoms with Crippen LogP contribution >= 0.6 is 0 Å². The number of phenols is 2. The quantitative estimate of drug-likeness (QED) is 0.439. The smallest absolute Gasteiger partial charge is 0.200 e. The zero-order chi connectivity index (χ0) is 19.1. The van der Waals surface area contributed by atoms with Crippen molar-refractivity contribution in [2.45, 2.75) is 13.2 Å². The molecule has 8 nitrogen and oxygen atoms in total. The number of aromatic hydroxyl groups is 2. The lowest BCUT2D eigenvalue weighted by Crippen LogP contribution is -1.95. The van der Waals surface area contributed by atoms with E-state index in [9.17, 15) is 20.4 Å². The Morgan fingerprint density at radius 3 is 1.58 bits per heavy atom. The van der Waals surface area contributed by atoms with Gasteiger partial charge in [-0.1, -0.05) is 0 Å². The van der Waals surface area contributed by atoms with Crippen molar-refractivity contribution in [1.82, 2.24) is 0 Å². The Balaban J connectivity index is 2.23. The van der Waals surface area contributed by atoms with Crippen LogP contribution in [0, 0.1) is 0 Å². The van der Waals surface area contributed by atoms with Crippen molar-refractivity contribution in [2.75, 3.05) is 14.2 Å². The first-order valence-corrected chi connectivity index (χ1v) is 7.61. The normalized spacial score (nSPS) is 11.4. The summed E-state index contributed by atoms with van der Waals surface area (Å²) in [5, 5.41) is 46.0. The predicted molar refractivity (Wildman–Crippen MR) is 96.4 cm³/mol. The van der Waals surface area contributed by atoms with Crippen molar-refractivity contribution in [3.05, 3.63) is 46.5 Å². The lowest BCUT2D eigenvalue weighted by molar-refractivity contribution is 0.263. The first-order chi connectivity index (χ1) is 12.5. The van der Waals surface area contributed by atoms with Crippen molar-refractivity contribution >= 4 is 12.4 Å². The van der Waals surface area contributed by atoms with Gasteiger partial charge in [-0.2, -0.15) is 10.2 Å². The second kappa shape index (κ2) is 8.84. The van der Waals surface area contributed by atoms with Crippen molar-refractivity contribution in [2.24, 2.45) is 10.2 Å². The number of nitrogens with zero attached hydrogens (tertiary/aromatic N) is 2. The van der Waals surface area contributed by atoms with Gasteiger partial charge in [-0.15, -0.1) is 0 Å². The van der Waals surface area contributed by atoms with Gasteiger partial charge in [0.25, 0.3) is 0 Å². The Labute approximate surface area is 150 Å². The summed E-state index contributed by atoms with van der Waals surface area (Å²) < 4.78 is 10.1. The third kappa shape index (κ3) is 4.29. The van der Waals surface area contributed by atoms with E-state index in [1.807, 2.05) is 0 Å². The molecule has 0 unspecified atom stereocenters. The summed E-state index contributed by atoms with van der Waals surface area (Å²) in [6.45, 7) is -0.728. The highest BCUT2D eigenvalue weighted by Gasteiger charge is 2.10. The standard InChI is InChI=1S/C18H20N2O6/c1-25-15-5-12(6-16(26-2)18(15)24)8-20-19-7-11-3-13(9-21)17(23)14(4-11)10-22/h3-8,21-24H,9-10H2,1-2H3/b19-7+,20-8+. The Morgan fingerprint density at radius 2 is 1.19 bits per heavy atom. The highest BCUT2D eigenvalue weighted by Crippen LogP contribution is 2.36. The fourth-order valence-electron chi connectivity index (χ4n) is 2.29. The molecule has 0 aromatic heterocycles. The van der Waals surface area contributed by atoms with Crippen LogP contribution in [-0.2, 0) is 13.2 Å². The van der Waals surface area contributed by atoms with E-state index in [2.05, 4.69) is 10.2 Å². The van der Waals surface area contributed by atoms with E-state index in [4.69, 9.17) is 9.47 Å². The molecule has 138 valence electrons. The predicted octanol–water partition coefficient (Wildman–Crippen LogP) is 1.55. The first-order valence-electron chi connectivity index (χ1n) is 7.61. The largest absolute Gasteiger partial charge is 0.507 e. The minimum Gasteiger partial charge on any atom is -0.507 e. The van der Waals surface area contributed by atoms with Gasteiger partial charge < -0.3 is 29.9 Å². The maximum absolute atomic E-state index is 9.87. The van der Waals surface area contributed by atoms with Crippen LogP contribution in [0.3, 0.4) is 0 Å². The molecule has 26 heavy (non-hydrogen) atoms. The average molecular weight is 360 g/mol. The van der Waals surface area contributed by atoms with Gasteiger partial charge in [0.1, 0.15) is 5.75 Å². The average Bonchev–Trinajstić information content (AvgIpc) is 2.66. The molecule has 0 radical (unpaired) electrons. The number of aliphatic hydroxyl groups excluding tert-OH is 2. The van der Waals surface area contributed by atoms with E-state index in [0.717, 1.165) is 0 Å². The van der Waals surface area contributed by atoms with Crippen LogP contribution in [0.15, 0.2) is 34.5 Å². The molecule has 0 spiro atoms. The van der Waals surface area contributed by atoms with Gasteiger partial charge in [-0.25, -0.2) is 0 Å². The second-order valence-electron chi connectivity index (χ2n) is 5.27. The Bertz CT molecular complexity index is 713. The fraction of sp³-hybridized carbons (Fsp3) is 0.222. The topological polar surface area (TPSA) is 124 Å². The van der Waals surface area contributed by atoms with Crippen LogP contribution in [-0.4, -0.2) is 47.1 Å². The molecular formula is C18H20N2O6. The van der Waals surface area contributed by atoms with Crippen molar-refractivity contribution in [1.29, 1.82) is 0 Å². The van der Waals surface area contributed by atoms with Crippen LogP contribution in [0.25, 0.3) is 0 Å². The van der Waals surface area contributed by atoms with Gasteiger partial charge >= 0.3 is 0 Å². The molecule has 0 aliphatic carbocycles. The molecule has 0 fully saturated rings. The summed E-state index contributed by atoms with van der Waals surface area (Å²) in [5.41, 5.74) is 1.74. The van der Waals surface area contributed by atoms with E-state index in [0.29, 0.717) is 11.1 Å². The fourth-order valence-corrected chi connectivity index (χ4v) is 2.29. The number of benzene rings is 2. The lowest BCUT2D eigenvalue weighted by Gasteiger charge is -2.08. The van der Waals surface area contributed by atoms with Crippen LogP contribution in [0.2, 0.25) is 0 Å². The van der Waals surface area contributed by atoms with Crippen molar-refractivity contribution in [3.8, 4) is 23.0 Å². The number of hydrogen-bond donors (Lipinski definition) is 4. The van der Waals surface area contributed by atoms with E-state index in [1.165, 1.54) is 26.6 Å². The zero-order valence-corrected chi connectivity index (χ0v) is 14.4. The molecule has 0 amide bonds. The Morgan fingerprint density at radius 1 is 0.769 bits per heavy atom. The van der Waals surface area contributed by atoms with Crippen LogP contribution in [0.4, 0.5) is 0 Å². The SMILES string of the molecule is COc1cc(/C=N/N=C/c2cc(CO)c(O)c(CO)c2)cc(OC)c1O. The number of rotatable bonds is 7. The summed E-state index contributed by atoms with van der Waals surface area (Å²) in [4.78, 5) is 0. The molecule has 4 N–H and O–H groups in total. The Kier molecular flexibility index (Phi) is 6.54. The molecule has 0 heterocycles. The molecule has 2 aromatic rings. The van der Waals surface area contributed by atoms with E-state index in [1.54, 1.807) is 24.3 Å². The monoisotopic (exact) mass is 360 g/mol. The second-order valence-corrected chi connectivity index (χ2v) is 5.27. The minimum atomic E-state index is -0.364. The maximum atomic E-state index is 9.87. The molecule has 0 aliphatic heterocycles. The van der Waals surface area contributed by atoms with Crippen LogP contribution < -0.4 is 9.47 Å². The molecule has 0 saturated heterocycles. The third-order valence-electron chi connectivity index (χ3n) is 3.61. The maximum Gasteiger partial charge on any atom is 0.200 e. The lowest BCUT2D eigenvalue weighted by atomic mass is 10.1. The van der Waals surface area contributed by atoms with Gasteiger partial charge in [0.15, 0.2) is 11.5 Å². The molecule has 0 atom stereocenters. The number of ether oxygens (including phenoxy) is 2. The van der Waals surface area contributed by atoms with E-state index >= 15 is 0 Å². The van der Waals surface area contributed by atoms with Crippen molar-refractivity contribution in [3.63, 3.8) is 0 Å². The highest BCUT2D eigenvalue weighted by atomic mass is 16.5. The number of phenolic OH excluding ortho intramolecular Hbond substituents is 1. The summed E-state index contributed by atoms with van der Waals surface area (Å²) in [6, 6.07) is 6.23. The number of aliphatic hydroxyl groups is 2. The van der Waals surface area contributed by atoms with Gasteiger partial charge in [0, 0.05) is 16.7 Å². The molecule has 2 aromatic carbocycles. The third-order valence-corrected chi connectivity index (χ3v) is 3.61. The first kappa shape index (κ1) is 19.2. The van der Waals surface area contributed by atoms with Gasteiger partial charge in [0.05, 0.1) is 39.9 Å². The van der Waals surface area contributed by atoms with Gasteiger partial charge in [-0.05, 0) is 29.8 Å². The summed E-state index contributed by atoms with van der Waals surface area (Å²) in [5.74, 6) is 0.244. The molecule has 0 aliphatic rings. The van der Waals surface area contributed by atoms with Crippen LogP contribution in [0.5, 0.6) is 23.0 Å². The van der Waals surface area contributed by atoms with Gasteiger partial charge in [0.2, 0.25) is 5.75 Å². The van der Waals surface area contributed by atoms with Crippen molar-refractivity contribution < 1.29 is 29.9 Å². The number of methoxy groups -OCH3 is 2. The summed E-state index contributed by atoms with van der Waals surface area (Å²) in [6.07, 6.45) is 2.87.